The monoisotopic (exact) mass is 146 g/mol. The lowest BCUT2D eigenvalue weighted by atomic mass is 10.1. The molecule has 0 aromatic rings. The van der Waals surface area contributed by atoms with Gasteiger partial charge in [0, 0.05) is 0 Å². The molecule has 0 aliphatic heterocycles. The van der Waals surface area contributed by atoms with Crippen LogP contribution in [-0.4, -0.2) is 5.78 Å². The third-order valence-electron chi connectivity index (χ3n) is 0.968. The highest BCUT2D eigenvalue weighted by molar-refractivity contribution is 5.97. The normalized spacial score (nSPS) is 12.4. The van der Waals surface area contributed by atoms with Gasteiger partial charge in [0.25, 0.3) is 0 Å². The van der Waals surface area contributed by atoms with Crippen molar-refractivity contribution in [1.29, 1.82) is 0 Å². The van der Waals surface area contributed by atoms with Gasteiger partial charge in [-0.1, -0.05) is 6.58 Å². The molecule has 0 N–H and O–H groups in total. The van der Waals surface area contributed by atoms with Crippen LogP contribution in [0.25, 0.3) is 0 Å². The van der Waals surface area contributed by atoms with Crippen molar-refractivity contribution in [2.24, 2.45) is 0 Å². The van der Waals surface area contributed by atoms with Gasteiger partial charge in [-0.2, -0.15) is 0 Å². The van der Waals surface area contributed by atoms with Gasteiger partial charge >= 0.3 is 0 Å². The second-order valence-corrected chi connectivity index (χ2v) is 1.87. The standard InChI is InChI=1S/C7H8F2O/c1-4(8)7(5(2)9)6(3)10/h1H2,2-3H3/b7-5-. The van der Waals surface area contributed by atoms with E-state index in [-0.39, 0.29) is 0 Å². The summed E-state index contributed by atoms with van der Waals surface area (Å²) in [6, 6.07) is 0. The highest BCUT2D eigenvalue weighted by atomic mass is 19.1. The fourth-order valence-electron chi connectivity index (χ4n) is 0.620. The summed E-state index contributed by atoms with van der Waals surface area (Å²) in [5, 5.41) is 0. The molecule has 0 aromatic heterocycles. The molecule has 0 radical (unpaired) electrons. The number of carbonyl (C=O) groups is 1. The predicted octanol–water partition coefficient (Wildman–Crippen LogP) is 2.30. The van der Waals surface area contributed by atoms with Gasteiger partial charge in [-0.05, 0) is 13.8 Å². The molecule has 0 amide bonds. The Bertz CT molecular complexity index is 184. The van der Waals surface area contributed by atoms with Gasteiger partial charge in [0.05, 0.1) is 5.57 Å². The van der Waals surface area contributed by atoms with Gasteiger partial charge in [0.15, 0.2) is 5.78 Å². The number of hydrogen-bond donors (Lipinski definition) is 0. The second kappa shape index (κ2) is 3.25. The minimum atomic E-state index is -1.02. The summed E-state index contributed by atoms with van der Waals surface area (Å²) < 4.78 is 24.4. The summed E-state index contributed by atoms with van der Waals surface area (Å²) in [5.74, 6) is -2.50. The van der Waals surface area contributed by atoms with Crippen molar-refractivity contribution in [2.45, 2.75) is 13.8 Å². The van der Waals surface area contributed by atoms with E-state index >= 15 is 0 Å². The average molecular weight is 146 g/mol. The first-order chi connectivity index (χ1) is 4.46. The molecule has 0 aliphatic rings. The molecule has 10 heavy (non-hydrogen) atoms. The molecule has 1 nitrogen and oxygen atoms in total. The summed E-state index contributed by atoms with van der Waals surface area (Å²) in [4.78, 5) is 10.4. The zero-order chi connectivity index (χ0) is 8.31. The molecule has 0 unspecified atom stereocenters. The molecule has 0 spiro atoms. The van der Waals surface area contributed by atoms with Crippen LogP contribution in [0.15, 0.2) is 23.8 Å². The fraction of sp³-hybridized carbons (Fsp3) is 0.286. The summed E-state index contributed by atoms with van der Waals surface area (Å²) >= 11 is 0. The van der Waals surface area contributed by atoms with Gasteiger partial charge in [0.2, 0.25) is 0 Å². The van der Waals surface area contributed by atoms with Crippen molar-refractivity contribution >= 4 is 5.78 Å². The second-order valence-electron chi connectivity index (χ2n) is 1.87. The molecular formula is C7H8F2O. The SMILES string of the molecule is C=C(F)/C(C(C)=O)=C(\C)F. The van der Waals surface area contributed by atoms with Crippen LogP contribution in [0.4, 0.5) is 8.78 Å². The van der Waals surface area contributed by atoms with Gasteiger partial charge in [0.1, 0.15) is 11.7 Å². The summed E-state index contributed by atoms with van der Waals surface area (Å²) in [6.45, 7) is 4.91. The number of rotatable bonds is 2. The Balaban J connectivity index is 4.79. The van der Waals surface area contributed by atoms with Crippen molar-refractivity contribution < 1.29 is 13.6 Å². The Morgan fingerprint density at radius 1 is 1.30 bits per heavy atom. The number of ketones is 1. The summed E-state index contributed by atoms with van der Waals surface area (Å²) in [6.07, 6.45) is 0. The summed E-state index contributed by atoms with van der Waals surface area (Å²) in [5.41, 5.74) is -0.556. The van der Waals surface area contributed by atoms with Crippen LogP contribution in [0, 0.1) is 0 Å². The molecule has 0 heterocycles. The first kappa shape index (κ1) is 9.01. The molecule has 0 atom stereocenters. The van der Waals surface area contributed by atoms with Gasteiger partial charge in [-0.15, -0.1) is 0 Å². The minimum Gasteiger partial charge on any atom is -0.294 e. The Morgan fingerprint density at radius 2 is 1.70 bits per heavy atom. The van der Waals surface area contributed by atoms with Crippen molar-refractivity contribution in [3.63, 3.8) is 0 Å². The maximum absolute atomic E-state index is 12.2. The predicted molar refractivity (Wildman–Crippen MR) is 34.7 cm³/mol. The number of allylic oxidation sites excluding steroid dienone is 3. The lowest BCUT2D eigenvalue weighted by molar-refractivity contribution is -0.113. The van der Waals surface area contributed by atoms with E-state index in [4.69, 9.17) is 0 Å². The smallest absolute Gasteiger partial charge is 0.165 e. The Morgan fingerprint density at radius 3 is 1.70 bits per heavy atom. The molecule has 3 heteroatoms. The highest BCUT2D eigenvalue weighted by Gasteiger charge is 2.11. The molecule has 0 bridgehead atoms. The van der Waals surface area contributed by atoms with Crippen molar-refractivity contribution in [3.8, 4) is 0 Å². The first-order valence-corrected chi connectivity index (χ1v) is 2.69. The highest BCUT2D eigenvalue weighted by Crippen LogP contribution is 2.15. The topological polar surface area (TPSA) is 17.1 Å². The minimum absolute atomic E-state index is 0.556. The largest absolute Gasteiger partial charge is 0.294 e. The lowest BCUT2D eigenvalue weighted by Crippen LogP contribution is -1.97. The quantitative estimate of drug-likeness (QED) is 0.431. The zero-order valence-electron chi connectivity index (χ0n) is 5.87. The Kier molecular flexibility index (Phi) is 2.93. The maximum atomic E-state index is 12.2. The molecule has 0 rings (SSSR count). The Labute approximate surface area is 58.0 Å². The van der Waals surface area contributed by atoms with Crippen LogP contribution in [0.5, 0.6) is 0 Å². The molecular weight excluding hydrogens is 138 g/mol. The molecule has 0 fully saturated rings. The van der Waals surface area contributed by atoms with Crippen LogP contribution in [-0.2, 0) is 4.79 Å². The Hall–Kier alpha value is -0.990. The molecule has 56 valence electrons. The van der Waals surface area contributed by atoms with E-state index in [1.165, 1.54) is 0 Å². The van der Waals surface area contributed by atoms with Crippen LogP contribution < -0.4 is 0 Å². The van der Waals surface area contributed by atoms with E-state index < -0.39 is 23.0 Å². The zero-order valence-corrected chi connectivity index (χ0v) is 5.87. The van der Waals surface area contributed by atoms with E-state index in [1.54, 1.807) is 0 Å². The van der Waals surface area contributed by atoms with Gasteiger partial charge < -0.3 is 0 Å². The van der Waals surface area contributed by atoms with E-state index in [1.807, 2.05) is 0 Å². The van der Waals surface area contributed by atoms with E-state index in [0.717, 1.165) is 13.8 Å². The number of Topliss-reactive ketones (excluding diaryl/α,β-unsaturated/α-hetero) is 1. The van der Waals surface area contributed by atoms with Crippen molar-refractivity contribution in [3.05, 3.63) is 23.8 Å². The van der Waals surface area contributed by atoms with E-state index in [9.17, 15) is 13.6 Å². The lowest BCUT2D eigenvalue weighted by Gasteiger charge is -1.96. The van der Waals surface area contributed by atoms with Crippen molar-refractivity contribution in [2.75, 3.05) is 0 Å². The fourth-order valence-corrected chi connectivity index (χ4v) is 0.620. The van der Waals surface area contributed by atoms with Crippen LogP contribution >= 0.6 is 0 Å². The molecule has 0 saturated heterocycles. The molecule has 0 aromatic carbocycles. The molecule has 0 aliphatic carbocycles. The van der Waals surface area contributed by atoms with Crippen LogP contribution in [0.2, 0.25) is 0 Å². The number of halogens is 2. The van der Waals surface area contributed by atoms with Gasteiger partial charge in [-0.3, -0.25) is 4.79 Å². The van der Waals surface area contributed by atoms with Crippen molar-refractivity contribution in [1.82, 2.24) is 0 Å². The summed E-state index contributed by atoms with van der Waals surface area (Å²) in [7, 11) is 0. The number of carbonyl (C=O) groups excluding carboxylic acids is 1. The van der Waals surface area contributed by atoms with Crippen LogP contribution in [0.3, 0.4) is 0 Å². The molecule has 0 saturated carbocycles. The number of hydrogen-bond acceptors (Lipinski definition) is 1. The van der Waals surface area contributed by atoms with Gasteiger partial charge in [-0.25, -0.2) is 8.78 Å². The first-order valence-electron chi connectivity index (χ1n) is 2.69. The van der Waals surface area contributed by atoms with E-state index in [0.29, 0.717) is 0 Å². The maximum Gasteiger partial charge on any atom is 0.165 e. The third-order valence-corrected chi connectivity index (χ3v) is 0.968. The third kappa shape index (κ3) is 2.09. The average Bonchev–Trinajstić information content (AvgIpc) is 1.59. The van der Waals surface area contributed by atoms with Crippen LogP contribution in [0.1, 0.15) is 13.8 Å². The van der Waals surface area contributed by atoms with E-state index in [2.05, 4.69) is 6.58 Å².